The van der Waals surface area contributed by atoms with Gasteiger partial charge in [-0.15, -0.1) is 0 Å². The maximum absolute atomic E-state index is 11.0. The van der Waals surface area contributed by atoms with Gasteiger partial charge in [-0.1, -0.05) is 54.6 Å². The van der Waals surface area contributed by atoms with E-state index < -0.39 is 0 Å². The number of nitrogens with zero attached hydrogens (tertiary/aromatic N) is 1. The van der Waals surface area contributed by atoms with Gasteiger partial charge in [-0.25, -0.2) is 0 Å². The van der Waals surface area contributed by atoms with Gasteiger partial charge < -0.3 is 4.90 Å². The van der Waals surface area contributed by atoms with E-state index in [2.05, 4.69) is 42.5 Å². The van der Waals surface area contributed by atoms with Gasteiger partial charge in [0.1, 0.15) is 0 Å². The number of hydrogen-bond donors (Lipinski definition) is 0. The molecule has 0 heterocycles. The second-order valence-corrected chi connectivity index (χ2v) is 4.99. The number of allylic oxidation sites excluding steroid dienone is 3. The van der Waals surface area contributed by atoms with Crippen LogP contribution in [0.4, 0.5) is 0 Å². The molecule has 0 aliphatic heterocycles. The quantitative estimate of drug-likeness (QED) is 0.517. The largest absolute Gasteiger partial charge is 0.342 e. The Balaban J connectivity index is 2.05. The number of benzene rings is 1. The first kappa shape index (κ1) is 16.2. The third-order valence-corrected chi connectivity index (χ3v) is 3.23. The molecule has 0 bridgehead atoms. The fourth-order valence-electron chi connectivity index (χ4n) is 1.84. The second-order valence-electron chi connectivity index (χ2n) is 4.99. The fraction of sp³-hybridized carbons (Fsp3) is 0.389. The Morgan fingerprint density at radius 3 is 2.50 bits per heavy atom. The van der Waals surface area contributed by atoms with Gasteiger partial charge in [0.15, 0.2) is 0 Å². The first-order valence-electron chi connectivity index (χ1n) is 7.27. The number of likely N-dealkylation sites (N-methyl/N-ethyl adjacent to an activating group) is 1. The van der Waals surface area contributed by atoms with E-state index in [9.17, 15) is 4.79 Å². The topological polar surface area (TPSA) is 20.3 Å². The predicted molar refractivity (Wildman–Crippen MR) is 85.6 cm³/mol. The summed E-state index contributed by atoms with van der Waals surface area (Å²) in [6.45, 7) is 2.25. The van der Waals surface area contributed by atoms with Gasteiger partial charge in [0, 0.05) is 20.5 Å². The van der Waals surface area contributed by atoms with E-state index in [0.717, 1.165) is 12.8 Å². The number of aryl methyl sites for hydroxylation is 1. The maximum atomic E-state index is 11.0. The molecular weight excluding hydrogens is 246 g/mol. The van der Waals surface area contributed by atoms with Gasteiger partial charge in [0.2, 0.25) is 5.91 Å². The molecule has 0 aromatic heterocycles. The summed E-state index contributed by atoms with van der Waals surface area (Å²) >= 11 is 0. The molecule has 1 aromatic rings. The summed E-state index contributed by atoms with van der Waals surface area (Å²) in [6.07, 6.45) is 13.0. The Morgan fingerprint density at radius 2 is 1.80 bits per heavy atom. The lowest BCUT2D eigenvalue weighted by atomic mass is 10.1. The fourth-order valence-corrected chi connectivity index (χ4v) is 1.84. The van der Waals surface area contributed by atoms with Crippen molar-refractivity contribution in [1.29, 1.82) is 0 Å². The van der Waals surface area contributed by atoms with Gasteiger partial charge >= 0.3 is 0 Å². The summed E-state index contributed by atoms with van der Waals surface area (Å²) in [5.74, 6) is 0.0968. The predicted octanol–water partition coefficient (Wildman–Crippen LogP) is 3.99. The molecule has 108 valence electrons. The van der Waals surface area contributed by atoms with Crippen LogP contribution in [0.2, 0.25) is 0 Å². The van der Waals surface area contributed by atoms with Crippen molar-refractivity contribution in [2.75, 3.05) is 13.6 Å². The van der Waals surface area contributed by atoms with Crippen LogP contribution in [-0.4, -0.2) is 24.4 Å². The second kappa shape index (κ2) is 10.0. The third kappa shape index (κ3) is 7.57. The van der Waals surface area contributed by atoms with E-state index in [1.807, 2.05) is 12.2 Å². The van der Waals surface area contributed by atoms with Crippen LogP contribution in [0.1, 0.15) is 31.7 Å². The Labute approximate surface area is 122 Å². The zero-order chi connectivity index (χ0) is 14.6. The summed E-state index contributed by atoms with van der Waals surface area (Å²) in [5.41, 5.74) is 1.42. The smallest absolute Gasteiger partial charge is 0.219 e. The van der Waals surface area contributed by atoms with Crippen molar-refractivity contribution in [3.8, 4) is 0 Å². The van der Waals surface area contributed by atoms with Crippen molar-refractivity contribution < 1.29 is 4.79 Å². The molecule has 1 aromatic carbocycles. The van der Waals surface area contributed by atoms with Crippen LogP contribution in [-0.2, 0) is 11.2 Å². The Morgan fingerprint density at radius 1 is 1.10 bits per heavy atom. The molecule has 1 rings (SSSR count). The zero-order valence-corrected chi connectivity index (χ0v) is 12.6. The Hall–Kier alpha value is -1.83. The standard InChI is InChI=1S/C18H25NO/c1-17(20)19(2)16-12-7-5-3-4-6-9-13-18-14-10-8-11-15-18/h3,5,7-8,10-12,14-15H,4,6,9,13,16H2,1-2H3. The van der Waals surface area contributed by atoms with E-state index in [-0.39, 0.29) is 5.91 Å². The molecule has 0 N–H and O–H groups in total. The molecule has 0 saturated carbocycles. The average Bonchev–Trinajstić information content (AvgIpc) is 2.46. The monoisotopic (exact) mass is 271 g/mol. The lowest BCUT2D eigenvalue weighted by Gasteiger charge is -2.10. The van der Waals surface area contributed by atoms with Crippen molar-refractivity contribution in [2.24, 2.45) is 0 Å². The highest BCUT2D eigenvalue weighted by atomic mass is 16.2. The lowest BCUT2D eigenvalue weighted by molar-refractivity contribution is -0.127. The highest BCUT2D eigenvalue weighted by Gasteiger charge is 1.96. The molecule has 0 radical (unpaired) electrons. The highest BCUT2D eigenvalue weighted by molar-refractivity contribution is 5.72. The Kier molecular flexibility index (Phi) is 8.13. The third-order valence-electron chi connectivity index (χ3n) is 3.23. The maximum Gasteiger partial charge on any atom is 0.219 e. The van der Waals surface area contributed by atoms with E-state index >= 15 is 0 Å². The van der Waals surface area contributed by atoms with Crippen LogP contribution in [0.25, 0.3) is 0 Å². The van der Waals surface area contributed by atoms with Gasteiger partial charge in [0.05, 0.1) is 0 Å². The average molecular weight is 271 g/mol. The molecule has 0 unspecified atom stereocenters. The highest BCUT2D eigenvalue weighted by Crippen LogP contribution is 2.06. The molecule has 2 heteroatoms. The molecule has 1 amide bonds. The molecule has 0 atom stereocenters. The number of amides is 1. The van der Waals surface area contributed by atoms with E-state index in [1.165, 1.54) is 18.4 Å². The van der Waals surface area contributed by atoms with Crippen LogP contribution in [0.15, 0.2) is 54.6 Å². The number of unbranched alkanes of at least 4 members (excludes halogenated alkanes) is 2. The van der Waals surface area contributed by atoms with Gasteiger partial charge in [-0.2, -0.15) is 0 Å². The van der Waals surface area contributed by atoms with E-state index in [1.54, 1.807) is 18.9 Å². The van der Waals surface area contributed by atoms with Crippen LogP contribution in [0.5, 0.6) is 0 Å². The van der Waals surface area contributed by atoms with Crippen molar-refractivity contribution >= 4 is 5.91 Å². The van der Waals surface area contributed by atoms with Crippen LogP contribution >= 0.6 is 0 Å². The Bertz CT molecular complexity index is 434. The van der Waals surface area contributed by atoms with Gasteiger partial charge in [0.25, 0.3) is 0 Å². The van der Waals surface area contributed by atoms with Crippen LogP contribution in [0.3, 0.4) is 0 Å². The molecular formula is C18H25NO. The summed E-state index contributed by atoms with van der Waals surface area (Å²) in [6, 6.07) is 10.6. The zero-order valence-electron chi connectivity index (χ0n) is 12.6. The van der Waals surface area contributed by atoms with E-state index in [4.69, 9.17) is 0 Å². The molecule has 0 fully saturated rings. The first-order chi connectivity index (χ1) is 9.70. The first-order valence-corrected chi connectivity index (χ1v) is 7.27. The summed E-state index contributed by atoms with van der Waals surface area (Å²) < 4.78 is 0. The number of hydrogen-bond acceptors (Lipinski definition) is 1. The SMILES string of the molecule is CC(=O)N(C)CC=CC=CCCCCc1ccccc1. The van der Waals surface area contributed by atoms with Crippen molar-refractivity contribution in [3.63, 3.8) is 0 Å². The lowest BCUT2D eigenvalue weighted by Crippen LogP contribution is -2.23. The number of rotatable bonds is 8. The molecule has 2 nitrogen and oxygen atoms in total. The van der Waals surface area contributed by atoms with Crippen molar-refractivity contribution in [1.82, 2.24) is 4.90 Å². The number of carbonyl (C=O) groups excluding carboxylic acids is 1. The normalized spacial score (nSPS) is 11.3. The van der Waals surface area contributed by atoms with E-state index in [0.29, 0.717) is 6.54 Å². The molecule has 0 aliphatic carbocycles. The molecule has 20 heavy (non-hydrogen) atoms. The minimum Gasteiger partial charge on any atom is -0.342 e. The summed E-state index contributed by atoms with van der Waals surface area (Å²) in [4.78, 5) is 12.7. The van der Waals surface area contributed by atoms with Crippen molar-refractivity contribution in [3.05, 3.63) is 60.2 Å². The van der Waals surface area contributed by atoms with Gasteiger partial charge in [-0.3, -0.25) is 4.79 Å². The van der Waals surface area contributed by atoms with Crippen LogP contribution < -0.4 is 0 Å². The molecule has 0 saturated heterocycles. The van der Waals surface area contributed by atoms with Gasteiger partial charge in [-0.05, 0) is 31.2 Å². The van der Waals surface area contributed by atoms with Crippen LogP contribution in [0, 0.1) is 0 Å². The molecule has 0 aliphatic rings. The molecule has 0 spiro atoms. The minimum absolute atomic E-state index is 0.0968. The summed E-state index contributed by atoms with van der Waals surface area (Å²) in [5, 5.41) is 0. The number of carbonyl (C=O) groups is 1. The van der Waals surface area contributed by atoms with Crippen molar-refractivity contribution in [2.45, 2.75) is 32.6 Å². The summed E-state index contributed by atoms with van der Waals surface area (Å²) in [7, 11) is 1.81. The minimum atomic E-state index is 0.0968.